The van der Waals surface area contributed by atoms with Crippen molar-refractivity contribution in [2.24, 2.45) is 0 Å². The largest absolute Gasteiger partial charge is 0.417 e. The average Bonchev–Trinajstić information content (AvgIpc) is 2.26. The summed E-state index contributed by atoms with van der Waals surface area (Å²) in [6.07, 6.45) is -9.84. The molecule has 0 radical (unpaired) electrons. The molecule has 1 atom stereocenters. The van der Waals surface area contributed by atoms with Crippen LogP contribution in [-0.4, -0.2) is 25.2 Å². The lowest BCUT2D eigenvalue weighted by molar-refractivity contribution is -0.139. The van der Waals surface area contributed by atoms with Crippen LogP contribution < -0.4 is 0 Å². The molecule has 114 valence electrons. The minimum Gasteiger partial charge on any atom is -0.224 e. The molecule has 20 heavy (non-hydrogen) atoms. The summed E-state index contributed by atoms with van der Waals surface area (Å²) in [4.78, 5) is -3.61. The zero-order valence-electron chi connectivity index (χ0n) is 9.46. The second-order valence-electron chi connectivity index (χ2n) is 3.78. The van der Waals surface area contributed by atoms with Gasteiger partial charge in [0, 0.05) is 0 Å². The summed E-state index contributed by atoms with van der Waals surface area (Å²) in [5.74, 6) is -1.51. The molecule has 1 unspecified atom stereocenters. The van der Waals surface area contributed by atoms with Gasteiger partial charge in [0.25, 0.3) is 0 Å². The highest BCUT2D eigenvalue weighted by molar-refractivity contribution is 9.09. The maximum absolute atomic E-state index is 12.7. The van der Waals surface area contributed by atoms with Crippen LogP contribution in [0.3, 0.4) is 0 Å². The molecule has 0 fully saturated rings. The van der Waals surface area contributed by atoms with Gasteiger partial charge in [0.15, 0.2) is 9.84 Å². The van der Waals surface area contributed by atoms with Crippen LogP contribution in [0.15, 0.2) is 29.2 Å². The van der Waals surface area contributed by atoms with Crippen LogP contribution in [0.1, 0.15) is 5.56 Å². The van der Waals surface area contributed by atoms with E-state index < -0.39 is 43.2 Å². The Morgan fingerprint density at radius 2 is 1.55 bits per heavy atom. The molecule has 0 heterocycles. The van der Waals surface area contributed by atoms with Crippen molar-refractivity contribution in [2.45, 2.75) is 22.1 Å². The van der Waals surface area contributed by atoms with Crippen molar-refractivity contribution in [1.29, 1.82) is 0 Å². The van der Waals surface area contributed by atoms with E-state index in [1.165, 1.54) is 0 Å². The van der Waals surface area contributed by atoms with Gasteiger partial charge in [-0.1, -0.05) is 28.1 Å². The van der Waals surface area contributed by atoms with Crippen molar-refractivity contribution in [3.05, 3.63) is 29.8 Å². The molecule has 0 aliphatic rings. The topological polar surface area (TPSA) is 34.1 Å². The molecule has 10 heteroatoms. The number of benzene rings is 1. The van der Waals surface area contributed by atoms with Crippen LogP contribution in [0.2, 0.25) is 0 Å². The first-order chi connectivity index (χ1) is 8.86. The summed E-state index contributed by atoms with van der Waals surface area (Å²) in [5.41, 5.74) is -1.48. The van der Waals surface area contributed by atoms with E-state index in [-0.39, 0.29) is 0 Å². The maximum Gasteiger partial charge on any atom is 0.417 e. The molecule has 0 amide bonds. The molecule has 0 spiro atoms. The van der Waals surface area contributed by atoms with Crippen LogP contribution in [0.25, 0.3) is 0 Å². The SMILES string of the molecule is O=S(=O)(CC(Br)C(F)(F)F)c1ccccc1C(F)(F)F. The van der Waals surface area contributed by atoms with Crippen molar-refractivity contribution in [3.63, 3.8) is 0 Å². The Balaban J connectivity index is 3.25. The average molecular weight is 385 g/mol. The summed E-state index contributed by atoms with van der Waals surface area (Å²) in [6, 6.07) is 3.11. The zero-order chi connectivity index (χ0) is 15.8. The Morgan fingerprint density at radius 1 is 1.05 bits per heavy atom. The van der Waals surface area contributed by atoms with Gasteiger partial charge in [-0.15, -0.1) is 0 Å². The first-order valence-electron chi connectivity index (χ1n) is 4.95. The third-order valence-corrected chi connectivity index (χ3v) is 5.32. The van der Waals surface area contributed by atoms with Crippen molar-refractivity contribution in [3.8, 4) is 0 Å². The molecular weight excluding hydrogens is 378 g/mol. The molecule has 2 nitrogen and oxygen atoms in total. The lowest BCUT2D eigenvalue weighted by Crippen LogP contribution is -2.31. The normalized spacial score (nSPS) is 15.2. The fourth-order valence-corrected chi connectivity index (χ4v) is 3.95. The lowest BCUT2D eigenvalue weighted by atomic mass is 10.2. The number of hydrogen-bond donors (Lipinski definition) is 0. The Morgan fingerprint density at radius 3 is 2.00 bits per heavy atom. The molecule has 1 aromatic carbocycles. The molecule has 1 rings (SSSR count). The minimum absolute atomic E-state index is 0.504. The molecule has 0 bridgehead atoms. The Kier molecular flexibility index (Phi) is 4.79. The highest BCUT2D eigenvalue weighted by atomic mass is 79.9. The van der Waals surface area contributed by atoms with E-state index in [0.717, 1.165) is 12.1 Å². The van der Waals surface area contributed by atoms with Crippen molar-refractivity contribution >= 4 is 25.8 Å². The minimum atomic E-state index is -4.97. The third-order valence-electron chi connectivity index (χ3n) is 2.25. The lowest BCUT2D eigenvalue weighted by Gasteiger charge is -2.16. The first-order valence-corrected chi connectivity index (χ1v) is 7.52. The van der Waals surface area contributed by atoms with Gasteiger partial charge in [-0.05, 0) is 12.1 Å². The number of hydrogen-bond acceptors (Lipinski definition) is 2. The van der Waals surface area contributed by atoms with Gasteiger partial charge in [-0.2, -0.15) is 26.3 Å². The van der Waals surface area contributed by atoms with Crippen LogP contribution in [0.5, 0.6) is 0 Å². The molecule has 0 aliphatic heterocycles. The fraction of sp³-hybridized carbons (Fsp3) is 0.400. The molecule has 1 aromatic rings. The van der Waals surface area contributed by atoms with E-state index in [2.05, 4.69) is 15.9 Å². The van der Waals surface area contributed by atoms with Crippen LogP contribution in [0, 0.1) is 0 Å². The molecule has 0 aromatic heterocycles. The first kappa shape index (κ1) is 17.3. The second-order valence-corrected chi connectivity index (χ2v) is 6.89. The molecule has 0 saturated carbocycles. The van der Waals surface area contributed by atoms with Crippen LogP contribution in [0.4, 0.5) is 26.3 Å². The molecular formula is C10H7BrF6O2S. The Hall–Kier alpha value is -0.770. The van der Waals surface area contributed by atoms with Gasteiger partial charge in [-0.3, -0.25) is 0 Å². The quantitative estimate of drug-likeness (QED) is 0.586. The van der Waals surface area contributed by atoms with Crippen LogP contribution >= 0.6 is 15.9 Å². The Labute approximate surface area is 118 Å². The summed E-state index contributed by atoms with van der Waals surface area (Å²) in [6.45, 7) is 0. The Bertz CT molecular complexity index is 578. The van der Waals surface area contributed by atoms with E-state index in [1.54, 1.807) is 0 Å². The van der Waals surface area contributed by atoms with Crippen molar-refractivity contribution in [1.82, 2.24) is 0 Å². The van der Waals surface area contributed by atoms with Crippen molar-refractivity contribution in [2.75, 3.05) is 5.75 Å². The molecule has 0 saturated heterocycles. The summed E-state index contributed by atoms with van der Waals surface area (Å²) in [5, 5.41) is 0. The molecule has 0 aliphatic carbocycles. The van der Waals surface area contributed by atoms with Gasteiger partial charge in [0.05, 0.1) is 16.2 Å². The van der Waals surface area contributed by atoms with Gasteiger partial charge in [0.1, 0.15) is 4.83 Å². The predicted molar refractivity (Wildman–Crippen MR) is 62.3 cm³/mol. The zero-order valence-corrected chi connectivity index (χ0v) is 11.9. The third kappa shape index (κ3) is 4.11. The smallest absolute Gasteiger partial charge is 0.224 e. The van der Waals surface area contributed by atoms with E-state index in [1.807, 2.05) is 0 Å². The monoisotopic (exact) mass is 384 g/mol. The van der Waals surface area contributed by atoms with E-state index >= 15 is 0 Å². The maximum atomic E-state index is 12.7. The number of alkyl halides is 7. The standard InChI is InChI=1S/C10H7BrF6O2S/c11-8(10(15,16)17)5-20(18,19)7-4-2-1-3-6(7)9(12,13)14/h1-4,8H,5H2. The fourth-order valence-electron chi connectivity index (χ4n) is 1.35. The predicted octanol–water partition coefficient (Wildman–Crippen LogP) is 3.80. The summed E-state index contributed by atoms with van der Waals surface area (Å²) < 4.78 is 98.3. The van der Waals surface area contributed by atoms with E-state index in [9.17, 15) is 34.8 Å². The van der Waals surface area contributed by atoms with Crippen LogP contribution in [-0.2, 0) is 16.0 Å². The highest BCUT2D eigenvalue weighted by Crippen LogP contribution is 2.36. The molecule has 0 N–H and O–H groups in total. The van der Waals surface area contributed by atoms with Gasteiger partial charge in [-0.25, -0.2) is 8.42 Å². The van der Waals surface area contributed by atoms with E-state index in [0.29, 0.717) is 12.1 Å². The van der Waals surface area contributed by atoms with Crippen molar-refractivity contribution < 1.29 is 34.8 Å². The highest BCUT2D eigenvalue weighted by Gasteiger charge is 2.43. The van der Waals surface area contributed by atoms with Gasteiger partial charge < -0.3 is 0 Å². The van der Waals surface area contributed by atoms with E-state index in [4.69, 9.17) is 0 Å². The second kappa shape index (κ2) is 5.55. The number of sulfone groups is 1. The van der Waals surface area contributed by atoms with Gasteiger partial charge in [0.2, 0.25) is 0 Å². The number of rotatable bonds is 3. The summed E-state index contributed by atoms with van der Waals surface area (Å²) in [7, 11) is -4.74. The summed E-state index contributed by atoms with van der Waals surface area (Å²) >= 11 is 2.12. The van der Waals surface area contributed by atoms with Gasteiger partial charge >= 0.3 is 12.4 Å². The number of halogens is 7.